The highest BCUT2D eigenvalue weighted by Gasteiger charge is 2.14. The summed E-state index contributed by atoms with van der Waals surface area (Å²) in [6.45, 7) is 0.489. The Morgan fingerprint density at radius 3 is 3.15 bits per heavy atom. The molecular formula is C14H15N3O2S. The van der Waals surface area contributed by atoms with Gasteiger partial charge in [-0.3, -0.25) is 4.79 Å². The molecule has 0 saturated carbocycles. The van der Waals surface area contributed by atoms with E-state index in [1.54, 1.807) is 35.8 Å². The summed E-state index contributed by atoms with van der Waals surface area (Å²) in [5, 5.41) is 10.5. The van der Waals surface area contributed by atoms with Gasteiger partial charge in [0, 0.05) is 31.2 Å². The summed E-state index contributed by atoms with van der Waals surface area (Å²) < 4.78 is 0. The van der Waals surface area contributed by atoms with Crippen LogP contribution in [0.4, 0.5) is 0 Å². The third-order valence-corrected chi connectivity index (χ3v) is 3.43. The molecule has 0 fully saturated rings. The molecule has 0 atom stereocenters. The predicted octanol–water partition coefficient (Wildman–Crippen LogP) is 1.48. The van der Waals surface area contributed by atoms with E-state index < -0.39 is 0 Å². The Bertz CT molecular complexity index is 622. The van der Waals surface area contributed by atoms with Gasteiger partial charge in [-0.25, -0.2) is 4.98 Å². The van der Waals surface area contributed by atoms with Crippen LogP contribution >= 0.6 is 11.3 Å². The van der Waals surface area contributed by atoms with Crippen molar-refractivity contribution in [3.63, 3.8) is 0 Å². The average Bonchev–Trinajstić information content (AvgIpc) is 3.09. The molecule has 2 heterocycles. The van der Waals surface area contributed by atoms with Gasteiger partial charge < -0.3 is 15.0 Å². The molecule has 6 heteroatoms. The van der Waals surface area contributed by atoms with Crippen LogP contribution in [0.5, 0.6) is 0 Å². The quantitative estimate of drug-likeness (QED) is 0.838. The van der Waals surface area contributed by atoms with Crippen molar-refractivity contribution < 1.29 is 9.90 Å². The van der Waals surface area contributed by atoms with Gasteiger partial charge >= 0.3 is 0 Å². The van der Waals surface area contributed by atoms with E-state index >= 15 is 0 Å². The van der Waals surface area contributed by atoms with Crippen molar-refractivity contribution in [1.82, 2.24) is 14.9 Å². The molecule has 0 aliphatic carbocycles. The first-order valence-electron chi connectivity index (χ1n) is 6.12. The number of thiophene rings is 1. The molecule has 0 radical (unpaired) electrons. The van der Waals surface area contributed by atoms with Crippen LogP contribution in [-0.2, 0) is 6.54 Å². The van der Waals surface area contributed by atoms with Crippen LogP contribution in [0, 0.1) is 11.8 Å². The zero-order valence-electron chi connectivity index (χ0n) is 11.1. The van der Waals surface area contributed by atoms with Gasteiger partial charge in [-0.1, -0.05) is 11.8 Å². The van der Waals surface area contributed by atoms with Crippen LogP contribution in [0.1, 0.15) is 27.5 Å². The van der Waals surface area contributed by atoms with Crippen molar-refractivity contribution in [3.8, 4) is 11.8 Å². The van der Waals surface area contributed by atoms with Gasteiger partial charge in [0.15, 0.2) is 0 Å². The maximum atomic E-state index is 12.2. The lowest BCUT2D eigenvalue weighted by atomic mass is 10.2. The third kappa shape index (κ3) is 3.70. The standard InChI is InChI=1S/C14H15N3O2S/c1-17(9-13-15-5-6-16-13)14(19)11-8-12(20-10-11)4-2-3-7-18/h5-6,8,10,18H,3,7,9H2,1H3,(H,15,16). The number of aliphatic hydroxyl groups is 1. The number of aromatic nitrogens is 2. The Morgan fingerprint density at radius 1 is 1.60 bits per heavy atom. The Hall–Kier alpha value is -2.10. The molecule has 0 spiro atoms. The fourth-order valence-corrected chi connectivity index (χ4v) is 2.37. The van der Waals surface area contributed by atoms with Crippen LogP contribution in [0.3, 0.4) is 0 Å². The lowest BCUT2D eigenvalue weighted by Crippen LogP contribution is -2.26. The molecule has 1 amide bonds. The topological polar surface area (TPSA) is 69.2 Å². The fourth-order valence-electron chi connectivity index (χ4n) is 1.62. The van der Waals surface area contributed by atoms with Gasteiger partial charge in [0.05, 0.1) is 23.6 Å². The maximum Gasteiger partial charge on any atom is 0.254 e. The molecule has 104 valence electrons. The van der Waals surface area contributed by atoms with Crippen LogP contribution in [0.15, 0.2) is 23.8 Å². The van der Waals surface area contributed by atoms with Crippen molar-refractivity contribution in [2.75, 3.05) is 13.7 Å². The Labute approximate surface area is 121 Å². The van der Waals surface area contributed by atoms with E-state index in [0.717, 1.165) is 10.7 Å². The number of nitrogens with zero attached hydrogens (tertiary/aromatic N) is 2. The molecule has 0 bridgehead atoms. The van der Waals surface area contributed by atoms with Crippen molar-refractivity contribution in [1.29, 1.82) is 0 Å². The number of hydrogen-bond acceptors (Lipinski definition) is 4. The summed E-state index contributed by atoms with van der Waals surface area (Å²) in [6.07, 6.45) is 3.83. The van der Waals surface area contributed by atoms with Crippen molar-refractivity contribution in [2.45, 2.75) is 13.0 Å². The molecule has 0 aliphatic rings. The highest BCUT2D eigenvalue weighted by molar-refractivity contribution is 7.10. The first kappa shape index (κ1) is 14.3. The zero-order valence-corrected chi connectivity index (χ0v) is 11.9. The molecule has 5 nitrogen and oxygen atoms in total. The number of rotatable bonds is 4. The second-order valence-electron chi connectivity index (χ2n) is 4.17. The Morgan fingerprint density at radius 2 is 2.45 bits per heavy atom. The molecule has 0 aliphatic heterocycles. The van der Waals surface area contributed by atoms with E-state index in [-0.39, 0.29) is 12.5 Å². The summed E-state index contributed by atoms with van der Waals surface area (Å²) in [5.74, 6) is 6.45. The van der Waals surface area contributed by atoms with Gasteiger partial charge in [-0.05, 0) is 6.07 Å². The average molecular weight is 289 g/mol. The summed E-state index contributed by atoms with van der Waals surface area (Å²) in [5.41, 5.74) is 0.623. The van der Waals surface area contributed by atoms with Crippen molar-refractivity contribution in [3.05, 3.63) is 40.1 Å². The highest BCUT2D eigenvalue weighted by Crippen LogP contribution is 2.15. The molecule has 2 N–H and O–H groups in total. The van der Waals surface area contributed by atoms with E-state index in [9.17, 15) is 4.79 Å². The molecule has 2 aromatic heterocycles. The minimum Gasteiger partial charge on any atom is -0.395 e. The summed E-state index contributed by atoms with van der Waals surface area (Å²) in [6, 6.07) is 1.77. The van der Waals surface area contributed by atoms with E-state index in [0.29, 0.717) is 18.5 Å². The third-order valence-electron chi connectivity index (χ3n) is 2.58. The highest BCUT2D eigenvalue weighted by atomic mass is 32.1. The molecule has 0 unspecified atom stereocenters. The molecule has 2 rings (SSSR count). The lowest BCUT2D eigenvalue weighted by Gasteiger charge is -2.14. The summed E-state index contributed by atoms with van der Waals surface area (Å²) in [7, 11) is 1.74. The number of amides is 1. The van der Waals surface area contributed by atoms with Crippen molar-refractivity contribution >= 4 is 17.2 Å². The van der Waals surface area contributed by atoms with Crippen LogP contribution in [0.25, 0.3) is 0 Å². The van der Waals surface area contributed by atoms with Gasteiger partial charge in [0.1, 0.15) is 5.82 Å². The fraction of sp³-hybridized carbons (Fsp3) is 0.286. The monoisotopic (exact) mass is 289 g/mol. The number of aliphatic hydroxyl groups excluding tert-OH is 1. The molecule has 2 aromatic rings. The van der Waals surface area contributed by atoms with Crippen molar-refractivity contribution in [2.24, 2.45) is 0 Å². The minimum atomic E-state index is -0.0622. The van der Waals surface area contributed by atoms with Crippen LogP contribution in [0.2, 0.25) is 0 Å². The summed E-state index contributed by atoms with van der Waals surface area (Å²) >= 11 is 1.43. The van der Waals surface area contributed by atoms with Gasteiger partial charge in [0.25, 0.3) is 5.91 Å². The molecule has 0 aromatic carbocycles. The first-order valence-corrected chi connectivity index (χ1v) is 7.00. The van der Waals surface area contributed by atoms with E-state index in [1.165, 1.54) is 11.3 Å². The second-order valence-corrected chi connectivity index (χ2v) is 5.08. The number of carbonyl (C=O) groups is 1. The van der Waals surface area contributed by atoms with E-state index in [4.69, 9.17) is 5.11 Å². The Kier molecular flexibility index (Phi) is 4.93. The summed E-state index contributed by atoms with van der Waals surface area (Å²) in [4.78, 5) is 21.7. The number of hydrogen-bond donors (Lipinski definition) is 2. The number of imidazole rings is 1. The number of H-pyrrole nitrogens is 1. The zero-order chi connectivity index (χ0) is 14.4. The van der Waals surface area contributed by atoms with E-state index in [1.807, 2.05) is 0 Å². The number of carbonyl (C=O) groups excluding carboxylic acids is 1. The number of nitrogens with one attached hydrogen (secondary N) is 1. The van der Waals surface area contributed by atoms with E-state index in [2.05, 4.69) is 21.8 Å². The smallest absolute Gasteiger partial charge is 0.254 e. The van der Waals surface area contributed by atoms with Gasteiger partial charge in [0.2, 0.25) is 0 Å². The molecular weight excluding hydrogens is 274 g/mol. The SMILES string of the molecule is CN(Cc1ncc[nH]1)C(=O)c1csc(C#CCCO)c1. The maximum absolute atomic E-state index is 12.2. The predicted molar refractivity (Wildman–Crippen MR) is 77.3 cm³/mol. The molecule has 20 heavy (non-hydrogen) atoms. The van der Waals surface area contributed by atoms with Crippen LogP contribution in [-0.4, -0.2) is 39.5 Å². The van der Waals surface area contributed by atoms with Gasteiger partial charge in [-0.15, -0.1) is 11.3 Å². The second kappa shape index (κ2) is 6.89. The van der Waals surface area contributed by atoms with Gasteiger partial charge in [-0.2, -0.15) is 0 Å². The first-order chi connectivity index (χ1) is 9.70. The Balaban J connectivity index is 2.00. The largest absolute Gasteiger partial charge is 0.395 e. The molecule has 0 saturated heterocycles. The number of aromatic amines is 1. The van der Waals surface area contributed by atoms with Crippen LogP contribution < -0.4 is 0 Å². The normalized spacial score (nSPS) is 9.90. The minimum absolute atomic E-state index is 0.0516. The lowest BCUT2D eigenvalue weighted by molar-refractivity contribution is 0.0782.